The van der Waals surface area contributed by atoms with E-state index in [0.29, 0.717) is 15.9 Å². The number of nitrogens with one attached hydrogen (secondary N) is 1. The van der Waals surface area contributed by atoms with E-state index >= 15 is 0 Å². The fourth-order valence-electron chi connectivity index (χ4n) is 1.70. The fraction of sp³-hybridized carbons (Fsp3) is 0.231. The Bertz CT molecular complexity index is 713. The fourth-order valence-corrected chi connectivity index (χ4v) is 2.65. The van der Waals surface area contributed by atoms with E-state index in [4.69, 9.17) is 16.3 Å². The molecular formula is C13H12ClNO4S. The van der Waals surface area contributed by atoms with Crippen molar-refractivity contribution >= 4 is 40.2 Å². The number of halogens is 1. The van der Waals surface area contributed by atoms with Crippen LogP contribution in [0.1, 0.15) is 6.92 Å². The van der Waals surface area contributed by atoms with Crippen LogP contribution in [-0.2, 0) is 9.53 Å². The van der Waals surface area contributed by atoms with Crippen molar-refractivity contribution < 1.29 is 14.6 Å². The number of hydrogen-bond donors (Lipinski definition) is 2. The molecule has 106 valence electrons. The molecular weight excluding hydrogens is 302 g/mol. The van der Waals surface area contributed by atoms with Gasteiger partial charge >= 0.3 is 5.97 Å². The first kappa shape index (κ1) is 14.7. The Kier molecular flexibility index (Phi) is 4.57. The Morgan fingerprint density at radius 3 is 2.95 bits per heavy atom. The van der Waals surface area contributed by atoms with Gasteiger partial charge in [-0.3, -0.25) is 9.59 Å². The minimum absolute atomic E-state index is 0.0381. The molecule has 0 fully saturated rings. The van der Waals surface area contributed by atoms with Crippen LogP contribution in [0.15, 0.2) is 27.9 Å². The van der Waals surface area contributed by atoms with Crippen LogP contribution in [-0.4, -0.2) is 28.4 Å². The lowest BCUT2D eigenvalue weighted by Crippen LogP contribution is -2.12. The standard InChI is InChI=1S/C13H12ClNO4S/c1-2-19-10(16)6-20-12-11(17)8-4-3-7(14)5-9(8)15-13(12)18/h3-5H,2,6H2,1H3,(H2,15,17,18). The van der Waals surface area contributed by atoms with E-state index in [9.17, 15) is 14.7 Å². The van der Waals surface area contributed by atoms with E-state index < -0.39 is 11.5 Å². The van der Waals surface area contributed by atoms with Crippen LogP contribution in [0.3, 0.4) is 0 Å². The van der Waals surface area contributed by atoms with Gasteiger partial charge in [-0.2, -0.15) is 0 Å². The molecule has 0 radical (unpaired) electrons. The van der Waals surface area contributed by atoms with Gasteiger partial charge in [-0.1, -0.05) is 11.6 Å². The molecule has 1 aromatic heterocycles. The molecule has 1 aromatic carbocycles. The van der Waals surface area contributed by atoms with E-state index in [1.807, 2.05) is 0 Å². The molecule has 0 unspecified atom stereocenters. The normalized spacial score (nSPS) is 10.7. The molecule has 0 atom stereocenters. The average molecular weight is 314 g/mol. The first-order chi connectivity index (χ1) is 9.52. The van der Waals surface area contributed by atoms with Gasteiger partial charge in [-0.15, -0.1) is 11.8 Å². The molecule has 0 aliphatic carbocycles. The van der Waals surface area contributed by atoms with Crippen molar-refractivity contribution in [3.05, 3.63) is 33.6 Å². The molecule has 0 spiro atoms. The number of fused-ring (bicyclic) bond motifs is 1. The number of hydrogen-bond acceptors (Lipinski definition) is 5. The summed E-state index contributed by atoms with van der Waals surface area (Å²) in [7, 11) is 0. The summed E-state index contributed by atoms with van der Waals surface area (Å²) in [5.41, 5.74) is -0.0213. The van der Waals surface area contributed by atoms with E-state index in [-0.39, 0.29) is 23.0 Å². The van der Waals surface area contributed by atoms with Gasteiger partial charge in [0.2, 0.25) is 0 Å². The number of aromatic hydroxyl groups is 1. The number of pyridine rings is 1. The van der Waals surface area contributed by atoms with Crippen LogP contribution in [0.4, 0.5) is 0 Å². The van der Waals surface area contributed by atoms with Crippen LogP contribution in [0.5, 0.6) is 5.75 Å². The molecule has 20 heavy (non-hydrogen) atoms. The Morgan fingerprint density at radius 2 is 2.25 bits per heavy atom. The number of thioether (sulfide) groups is 1. The highest BCUT2D eigenvalue weighted by atomic mass is 35.5. The van der Waals surface area contributed by atoms with E-state index in [1.54, 1.807) is 25.1 Å². The second kappa shape index (κ2) is 6.19. The second-order valence-electron chi connectivity index (χ2n) is 3.92. The third-order valence-electron chi connectivity index (χ3n) is 2.55. The zero-order chi connectivity index (χ0) is 14.7. The smallest absolute Gasteiger partial charge is 0.316 e. The highest BCUT2D eigenvalue weighted by molar-refractivity contribution is 8.00. The quantitative estimate of drug-likeness (QED) is 0.670. The van der Waals surface area contributed by atoms with Gasteiger partial charge in [0, 0.05) is 10.4 Å². The number of carbonyl (C=O) groups excluding carboxylic acids is 1. The first-order valence-electron chi connectivity index (χ1n) is 5.86. The van der Waals surface area contributed by atoms with E-state index in [0.717, 1.165) is 11.8 Å². The number of aromatic amines is 1. The first-order valence-corrected chi connectivity index (χ1v) is 7.22. The molecule has 0 aliphatic rings. The van der Waals surface area contributed by atoms with Gasteiger partial charge in [0.25, 0.3) is 5.56 Å². The van der Waals surface area contributed by atoms with Crippen LogP contribution in [0.2, 0.25) is 5.02 Å². The number of rotatable bonds is 4. The average Bonchev–Trinajstić information content (AvgIpc) is 2.38. The Labute approximate surface area is 123 Å². The lowest BCUT2D eigenvalue weighted by molar-refractivity contribution is -0.139. The molecule has 2 aromatic rings. The van der Waals surface area contributed by atoms with Gasteiger partial charge < -0.3 is 14.8 Å². The summed E-state index contributed by atoms with van der Waals surface area (Å²) in [6.07, 6.45) is 0. The predicted molar refractivity (Wildman–Crippen MR) is 78.6 cm³/mol. The summed E-state index contributed by atoms with van der Waals surface area (Å²) in [5.74, 6) is -0.633. The summed E-state index contributed by atoms with van der Waals surface area (Å²) in [6.45, 7) is 1.98. The van der Waals surface area contributed by atoms with Crippen LogP contribution in [0.25, 0.3) is 10.9 Å². The molecule has 0 amide bonds. The number of ether oxygens (including phenoxy) is 1. The van der Waals surface area contributed by atoms with Crippen molar-refractivity contribution in [3.63, 3.8) is 0 Å². The van der Waals surface area contributed by atoms with E-state index in [2.05, 4.69) is 4.98 Å². The minimum atomic E-state index is -0.466. The molecule has 2 rings (SSSR count). The predicted octanol–water partition coefficient (Wildman–Crippen LogP) is 2.54. The van der Waals surface area contributed by atoms with Gasteiger partial charge in [-0.05, 0) is 25.1 Å². The van der Waals surface area contributed by atoms with Crippen molar-refractivity contribution in [3.8, 4) is 5.75 Å². The number of aromatic nitrogens is 1. The summed E-state index contributed by atoms with van der Waals surface area (Å²) >= 11 is 6.77. The Morgan fingerprint density at radius 1 is 1.50 bits per heavy atom. The molecule has 0 bridgehead atoms. The van der Waals surface area contributed by atoms with Crippen molar-refractivity contribution in [2.24, 2.45) is 0 Å². The highest BCUT2D eigenvalue weighted by Gasteiger charge is 2.14. The van der Waals surface area contributed by atoms with Gasteiger partial charge in [0.05, 0.1) is 17.9 Å². The maximum atomic E-state index is 11.9. The summed E-state index contributed by atoms with van der Waals surface area (Å²) in [4.78, 5) is 25.9. The summed E-state index contributed by atoms with van der Waals surface area (Å²) < 4.78 is 4.78. The minimum Gasteiger partial charge on any atom is -0.506 e. The zero-order valence-corrected chi connectivity index (χ0v) is 12.2. The number of benzene rings is 1. The van der Waals surface area contributed by atoms with Crippen molar-refractivity contribution in [2.75, 3.05) is 12.4 Å². The zero-order valence-electron chi connectivity index (χ0n) is 10.6. The Hall–Kier alpha value is -1.66. The summed E-state index contributed by atoms with van der Waals surface area (Å²) in [5, 5.41) is 11.1. The monoisotopic (exact) mass is 313 g/mol. The Balaban J connectivity index is 2.37. The number of H-pyrrole nitrogens is 1. The van der Waals surface area contributed by atoms with Crippen molar-refractivity contribution in [1.82, 2.24) is 4.98 Å². The molecule has 7 heteroatoms. The molecule has 0 aliphatic heterocycles. The van der Waals surface area contributed by atoms with Crippen molar-refractivity contribution in [2.45, 2.75) is 11.8 Å². The summed E-state index contributed by atoms with van der Waals surface area (Å²) in [6, 6.07) is 4.77. The molecule has 0 saturated heterocycles. The van der Waals surface area contributed by atoms with Gasteiger partial charge in [0.15, 0.2) is 0 Å². The van der Waals surface area contributed by atoms with Gasteiger partial charge in [-0.25, -0.2) is 0 Å². The molecule has 0 saturated carbocycles. The van der Waals surface area contributed by atoms with Crippen molar-refractivity contribution in [1.29, 1.82) is 0 Å². The largest absolute Gasteiger partial charge is 0.506 e. The molecule has 1 heterocycles. The maximum absolute atomic E-state index is 11.9. The highest BCUT2D eigenvalue weighted by Crippen LogP contribution is 2.32. The van der Waals surface area contributed by atoms with Crippen LogP contribution < -0.4 is 5.56 Å². The third kappa shape index (κ3) is 3.08. The maximum Gasteiger partial charge on any atom is 0.316 e. The van der Waals surface area contributed by atoms with Crippen LogP contribution >= 0.6 is 23.4 Å². The third-order valence-corrected chi connectivity index (χ3v) is 3.83. The molecule has 5 nitrogen and oxygen atoms in total. The SMILES string of the molecule is CCOC(=O)CSc1c(O)c2ccc(Cl)cc2[nH]c1=O. The lowest BCUT2D eigenvalue weighted by Gasteiger charge is -2.07. The lowest BCUT2D eigenvalue weighted by atomic mass is 10.2. The van der Waals surface area contributed by atoms with Gasteiger partial charge in [0.1, 0.15) is 10.6 Å². The molecule has 2 N–H and O–H groups in total. The number of carbonyl (C=O) groups is 1. The number of esters is 1. The second-order valence-corrected chi connectivity index (χ2v) is 5.34. The van der Waals surface area contributed by atoms with E-state index in [1.165, 1.54) is 0 Å². The topological polar surface area (TPSA) is 79.4 Å². The van der Waals surface area contributed by atoms with Crippen LogP contribution in [0, 0.1) is 0 Å².